The van der Waals surface area contributed by atoms with Crippen molar-refractivity contribution >= 4 is 22.8 Å². The Kier molecular flexibility index (Phi) is 2.69. The minimum Gasteiger partial charge on any atom is -0.472 e. The topological polar surface area (TPSA) is 91.7 Å². The van der Waals surface area contributed by atoms with Crippen molar-refractivity contribution in [1.82, 2.24) is 19.9 Å². The Morgan fingerprint density at radius 1 is 1.33 bits per heavy atom. The molecule has 2 fully saturated rings. The minimum absolute atomic E-state index is 0.000753. The van der Waals surface area contributed by atoms with Crippen LogP contribution < -0.4 is 9.64 Å². The molecule has 0 aliphatic carbocycles. The number of rotatable bonds is 0. The maximum atomic E-state index is 11.7. The van der Waals surface area contributed by atoms with Crippen LogP contribution in [0.3, 0.4) is 0 Å². The molecule has 2 bridgehead atoms. The fourth-order valence-corrected chi connectivity index (χ4v) is 4.59. The molecule has 0 saturated carbocycles. The van der Waals surface area contributed by atoms with E-state index in [0.717, 1.165) is 29.6 Å². The number of carboxylic acid groups (broad SMARTS) is 1. The number of fused-ring (bicyclic) bond motifs is 5. The van der Waals surface area contributed by atoms with Gasteiger partial charge in [0.1, 0.15) is 23.6 Å². The Balaban J connectivity index is 1.71. The summed E-state index contributed by atoms with van der Waals surface area (Å²) in [5.41, 5.74) is 0.797. The SMILES string of the molecule is CC1Oc2nccc3ncnc(c23)N2CC3CCC(C12)N3C(=O)O. The number of ether oxygens (including phenoxy) is 1. The number of anilines is 1. The number of pyridine rings is 1. The largest absolute Gasteiger partial charge is 0.472 e. The first-order valence-corrected chi connectivity index (χ1v) is 8.19. The molecule has 0 radical (unpaired) electrons. The van der Waals surface area contributed by atoms with Crippen molar-refractivity contribution in [2.75, 3.05) is 11.4 Å². The summed E-state index contributed by atoms with van der Waals surface area (Å²) >= 11 is 0. The second-order valence-electron chi connectivity index (χ2n) is 6.66. The molecule has 3 aliphatic rings. The fourth-order valence-electron chi connectivity index (χ4n) is 4.59. The Morgan fingerprint density at radius 3 is 3.04 bits per heavy atom. The van der Waals surface area contributed by atoms with Crippen LogP contribution in [0.25, 0.3) is 10.9 Å². The van der Waals surface area contributed by atoms with Gasteiger partial charge in [0, 0.05) is 12.7 Å². The molecule has 24 heavy (non-hydrogen) atoms. The Morgan fingerprint density at radius 2 is 2.21 bits per heavy atom. The molecule has 1 N–H and O–H groups in total. The molecule has 2 aromatic rings. The Bertz CT molecular complexity index is 838. The van der Waals surface area contributed by atoms with E-state index in [-0.39, 0.29) is 24.2 Å². The van der Waals surface area contributed by atoms with Crippen molar-refractivity contribution in [2.24, 2.45) is 0 Å². The van der Waals surface area contributed by atoms with Crippen LogP contribution in [-0.2, 0) is 0 Å². The number of hydrogen-bond acceptors (Lipinski definition) is 6. The zero-order valence-electron chi connectivity index (χ0n) is 13.2. The van der Waals surface area contributed by atoms with E-state index in [9.17, 15) is 9.90 Å². The van der Waals surface area contributed by atoms with Crippen molar-refractivity contribution in [2.45, 2.75) is 44.0 Å². The fraction of sp³-hybridized carbons (Fsp3) is 0.500. The molecule has 3 aliphatic heterocycles. The lowest BCUT2D eigenvalue weighted by atomic mass is 9.98. The summed E-state index contributed by atoms with van der Waals surface area (Å²) in [4.78, 5) is 28.7. The van der Waals surface area contributed by atoms with Gasteiger partial charge in [0.2, 0.25) is 5.88 Å². The lowest BCUT2D eigenvalue weighted by Gasteiger charge is -2.47. The van der Waals surface area contributed by atoms with Gasteiger partial charge in [-0.1, -0.05) is 0 Å². The number of nitrogens with zero attached hydrogens (tertiary/aromatic N) is 5. The highest BCUT2D eigenvalue weighted by Gasteiger charge is 2.52. The minimum atomic E-state index is -0.845. The number of piperazine rings is 1. The van der Waals surface area contributed by atoms with Crippen LogP contribution in [0, 0.1) is 0 Å². The number of aromatic nitrogens is 3. The summed E-state index contributed by atoms with van der Waals surface area (Å²) in [6.45, 7) is 2.61. The average molecular weight is 327 g/mol. The van der Waals surface area contributed by atoms with E-state index >= 15 is 0 Å². The summed E-state index contributed by atoms with van der Waals surface area (Å²) in [7, 11) is 0. The van der Waals surface area contributed by atoms with Crippen LogP contribution >= 0.6 is 0 Å². The average Bonchev–Trinajstić information content (AvgIpc) is 2.82. The van der Waals surface area contributed by atoms with Crippen LogP contribution in [0.5, 0.6) is 5.88 Å². The number of carbonyl (C=O) groups is 1. The first kappa shape index (κ1) is 13.8. The number of amides is 1. The lowest BCUT2D eigenvalue weighted by Crippen LogP contribution is -2.64. The zero-order valence-corrected chi connectivity index (χ0v) is 13.2. The van der Waals surface area contributed by atoms with Crippen molar-refractivity contribution in [3.63, 3.8) is 0 Å². The smallest absolute Gasteiger partial charge is 0.407 e. The molecule has 124 valence electrons. The van der Waals surface area contributed by atoms with Gasteiger partial charge in [-0.15, -0.1) is 0 Å². The lowest BCUT2D eigenvalue weighted by molar-refractivity contribution is 0.0707. The van der Waals surface area contributed by atoms with Gasteiger partial charge in [-0.25, -0.2) is 19.7 Å². The molecule has 4 unspecified atom stereocenters. The number of hydrogen-bond donors (Lipinski definition) is 1. The summed E-state index contributed by atoms with van der Waals surface area (Å²) in [6.07, 6.45) is 3.93. The van der Waals surface area contributed by atoms with Gasteiger partial charge >= 0.3 is 6.09 Å². The van der Waals surface area contributed by atoms with Gasteiger partial charge in [0.25, 0.3) is 0 Å². The van der Waals surface area contributed by atoms with Gasteiger partial charge in [-0.05, 0) is 25.8 Å². The molecule has 2 aromatic heterocycles. The van der Waals surface area contributed by atoms with Crippen molar-refractivity contribution in [3.05, 3.63) is 18.6 Å². The van der Waals surface area contributed by atoms with Gasteiger partial charge < -0.3 is 14.7 Å². The molecule has 8 heteroatoms. The standard InChI is InChI=1S/C16H17N5O3/c1-8-13-11-3-2-9(21(11)16(22)23)6-20(13)14-12-10(18-7-19-14)4-5-17-15(12)24-8/h4-5,7-9,11,13H,2-3,6H2,1H3,(H,22,23). The van der Waals surface area contributed by atoms with Crippen LogP contribution in [0.15, 0.2) is 18.6 Å². The van der Waals surface area contributed by atoms with Crippen molar-refractivity contribution < 1.29 is 14.6 Å². The second kappa shape index (κ2) is 4.68. The molecule has 5 heterocycles. The van der Waals surface area contributed by atoms with Gasteiger partial charge in [-0.2, -0.15) is 0 Å². The van der Waals surface area contributed by atoms with Gasteiger partial charge in [-0.3, -0.25) is 4.90 Å². The van der Waals surface area contributed by atoms with Crippen LogP contribution in [0.2, 0.25) is 0 Å². The quantitative estimate of drug-likeness (QED) is 0.784. The predicted octanol–water partition coefficient (Wildman–Crippen LogP) is 1.51. The molecule has 8 nitrogen and oxygen atoms in total. The van der Waals surface area contributed by atoms with Gasteiger partial charge in [0.15, 0.2) is 0 Å². The third-order valence-corrected chi connectivity index (χ3v) is 5.47. The second-order valence-corrected chi connectivity index (χ2v) is 6.66. The molecular weight excluding hydrogens is 310 g/mol. The molecule has 0 aromatic carbocycles. The van der Waals surface area contributed by atoms with E-state index in [2.05, 4.69) is 19.9 Å². The summed E-state index contributed by atoms with van der Waals surface area (Å²) in [5.74, 6) is 1.34. The van der Waals surface area contributed by atoms with Crippen LogP contribution in [-0.4, -0.2) is 61.8 Å². The highest BCUT2D eigenvalue weighted by atomic mass is 16.5. The summed E-state index contributed by atoms with van der Waals surface area (Å²) in [6, 6.07) is 1.68. The van der Waals surface area contributed by atoms with Crippen LogP contribution in [0.1, 0.15) is 19.8 Å². The van der Waals surface area contributed by atoms with Crippen LogP contribution in [0.4, 0.5) is 10.6 Å². The Labute approximate surface area is 138 Å². The molecule has 2 saturated heterocycles. The molecule has 0 spiro atoms. The third kappa shape index (κ3) is 1.68. The molecule has 4 atom stereocenters. The predicted molar refractivity (Wildman–Crippen MR) is 85.2 cm³/mol. The van der Waals surface area contributed by atoms with E-state index < -0.39 is 6.09 Å². The maximum Gasteiger partial charge on any atom is 0.407 e. The van der Waals surface area contributed by atoms with E-state index in [1.165, 1.54) is 0 Å². The van der Waals surface area contributed by atoms with E-state index in [1.807, 2.05) is 13.0 Å². The highest BCUT2D eigenvalue weighted by Crippen LogP contribution is 2.43. The normalized spacial score (nSPS) is 30.7. The zero-order chi connectivity index (χ0) is 16.4. The van der Waals surface area contributed by atoms with E-state index in [1.54, 1.807) is 17.4 Å². The third-order valence-electron chi connectivity index (χ3n) is 5.47. The van der Waals surface area contributed by atoms with Crippen molar-refractivity contribution in [1.29, 1.82) is 0 Å². The highest BCUT2D eigenvalue weighted by molar-refractivity contribution is 5.94. The molecule has 5 rings (SSSR count). The van der Waals surface area contributed by atoms with E-state index in [0.29, 0.717) is 12.4 Å². The summed E-state index contributed by atoms with van der Waals surface area (Å²) in [5, 5.41) is 10.4. The van der Waals surface area contributed by atoms with Crippen molar-refractivity contribution in [3.8, 4) is 5.88 Å². The first-order valence-electron chi connectivity index (χ1n) is 8.19. The molecular formula is C16H17N5O3. The maximum absolute atomic E-state index is 11.7. The van der Waals surface area contributed by atoms with E-state index in [4.69, 9.17) is 4.74 Å². The summed E-state index contributed by atoms with van der Waals surface area (Å²) < 4.78 is 6.12. The molecule has 1 amide bonds. The first-order chi connectivity index (χ1) is 11.6. The Hall–Kier alpha value is -2.64. The van der Waals surface area contributed by atoms with Gasteiger partial charge in [0.05, 0.1) is 23.6 Å². The monoisotopic (exact) mass is 327 g/mol.